The number of aromatic amines is 2. The third-order valence-corrected chi connectivity index (χ3v) is 4.38. The Morgan fingerprint density at radius 2 is 1.97 bits per heavy atom. The lowest BCUT2D eigenvalue weighted by Gasteiger charge is -2.13. The van der Waals surface area contributed by atoms with Crippen LogP contribution < -0.4 is 20.8 Å². The first-order valence-corrected chi connectivity index (χ1v) is 9.27. The molecule has 9 nitrogen and oxygen atoms in total. The van der Waals surface area contributed by atoms with Gasteiger partial charge in [0.1, 0.15) is 17.3 Å². The average Bonchev–Trinajstić information content (AvgIpc) is 3.22. The zero-order valence-corrected chi connectivity index (χ0v) is 16.1. The highest BCUT2D eigenvalue weighted by molar-refractivity contribution is 5.77. The van der Waals surface area contributed by atoms with Crippen molar-refractivity contribution < 1.29 is 14.3 Å². The second kappa shape index (κ2) is 8.08. The molecule has 0 radical (unpaired) electrons. The smallest absolute Gasteiger partial charge is 0.277 e. The van der Waals surface area contributed by atoms with E-state index < -0.39 is 5.91 Å². The van der Waals surface area contributed by atoms with Crippen molar-refractivity contribution in [3.63, 3.8) is 0 Å². The van der Waals surface area contributed by atoms with Crippen LogP contribution in [0.1, 0.15) is 6.92 Å². The van der Waals surface area contributed by atoms with Gasteiger partial charge in [-0.05, 0) is 42.3 Å². The molecule has 0 saturated carbocycles. The minimum Gasteiger partial charge on any atom is -0.493 e. The summed E-state index contributed by atoms with van der Waals surface area (Å²) >= 11 is 0. The summed E-state index contributed by atoms with van der Waals surface area (Å²) in [7, 11) is 0. The van der Waals surface area contributed by atoms with Gasteiger partial charge in [-0.1, -0.05) is 18.2 Å². The van der Waals surface area contributed by atoms with Gasteiger partial charge in [-0.3, -0.25) is 9.59 Å². The van der Waals surface area contributed by atoms with Gasteiger partial charge < -0.3 is 25.2 Å². The molecular formula is C21H19N5O4. The molecule has 0 aliphatic heterocycles. The summed E-state index contributed by atoms with van der Waals surface area (Å²) in [6.45, 7) is 2.12. The van der Waals surface area contributed by atoms with Gasteiger partial charge in [0.25, 0.3) is 11.5 Å². The van der Waals surface area contributed by atoms with Crippen LogP contribution >= 0.6 is 0 Å². The van der Waals surface area contributed by atoms with Crippen molar-refractivity contribution in [1.29, 1.82) is 0 Å². The molecule has 0 spiro atoms. The maximum Gasteiger partial charge on any atom is 0.277 e. The molecule has 4 aromatic rings. The number of aromatic nitrogens is 4. The number of H-pyrrole nitrogens is 2. The van der Waals surface area contributed by atoms with E-state index >= 15 is 0 Å². The number of nitrogens with one attached hydrogen (secondary N) is 2. The Hall–Kier alpha value is -4.14. The third kappa shape index (κ3) is 3.86. The maximum atomic E-state index is 12.3. The molecule has 0 atom stereocenters. The fraction of sp³-hybridized carbons (Fsp3) is 0.143. The summed E-state index contributed by atoms with van der Waals surface area (Å²) in [6.07, 6.45) is 1.43. The summed E-state index contributed by atoms with van der Waals surface area (Å²) in [6, 6.07) is 12.9. The number of carbonyl (C=O) groups excluding carboxylic acids is 1. The van der Waals surface area contributed by atoms with E-state index in [4.69, 9.17) is 15.2 Å². The number of nitrogens with two attached hydrogens (primary N) is 1. The summed E-state index contributed by atoms with van der Waals surface area (Å²) in [5, 5.41) is 0. The molecular weight excluding hydrogens is 386 g/mol. The van der Waals surface area contributed by atoms with E-state index in [9.17, 15) is 9.59 Å². The number of fused-ring (bicyclic) bond motifs is 1. The number of imidazole rings is 1. The van der Waals surface area contributed by atoms with E-state index in [0.29, 0.717) is 40.7 Å². The van der Waals surface area contributed by atoms with Gasteiger partial charge in [-0.25, -0.2) is 9.97 Å². The molecule has 0 aliphatic carbocycles. The van der Waals surface area contributed by atoms with Crippen molar-refractivity contribution in [2.24, 2.45) is 5.73 Å². The highest BCUT2D eigenvalue weighted by atomic mass is 16.5. The quantitative estimate of drug-likeness (QED) is 0.431. The summed E-state index contributed by atoms with van der Waals surface area (Å²) < 4.78 is 11.2. The van der Waals surface area contributed by atoms with Crippen LogP contribution in [0.4, 0.5) is 0 Å². The van der Waals surface area contributed by atoms with E-state index in [-0.39, 0.29) is 12.2 Å². The highest BCUT2D eigenvalue weighted by Crippen LogP contribution is 2.33. The molecule has 0 unspecified atom stereocenters. The predicted molar refractivity (Wildman–Crippen MR) is 111 cm³/mol. The molecule has 0 saturated heterocycles. The Morgan fingerprint density at radius 3 is 2.77 bits per heavy atom. The van der Waals surface area contributed by atoms with Crippen molar-refractivity contribution in [1.82, 2.24) is 19.9 Å². The minimum atomic E-state index is -0.543. The summed E-state index contributed by atoms with van der Waals surface area (Å²) in [5.74, 6) is 0.923. The number of primary amides is 1. The van der Waals surface area contributed by atoms with Gasteiger partial charge in [0.05, 0.1) is 18.5 Å². The fourth-order valence-corrected chi connectivity index (χ4v) is 3.06. The Balaban J connectivity index is 1.74. The first kappa shape index (κ1) is 19.2. The van der Waals surface area contributed by atoms with Crippen LogP contribution in [0.15, 0.2) is 53.6 Å². The largest absolute Gasteiger partial charge is 0.493 e. The molecule has 30 heavy (non-hydrogen) atoms. The van der Waals surface area contributed by atoms with Gasteiger partial charge in [-0.2, -0.15) is 0 Å². The Labute approximate surface area is 170 Å². The summed E-state index contributed by atoms with van der Waals surface area (Å²) in [5.41, 5.74) is 7.86. The first-order valence-electron chi connectivity index (χ1n) is 9.27. The van der Waals surface area contributed by atoms with Crippen LogP contribution in [0.25, 0.3) is 33.7 Å². The van der Waals surface area contributed by atoms with Crippen molar-refractivity contribution in [3.05, 3.63) is 59.1 Å². The lowest BCUT2D eigenvalue weighted by Crippen LogP contribution is -2.19. The van der Waals surface area contributed by atoms with Gasteiger partial charge >= 0.3 is 0 Å². The molecule has 0 bridgehead atoms. The topological polar surface area (TPSA) is 136 Å². The van der Waals surface area contributed by atoms with E-state index in [2.05, 4.69) is 19.9 Å². The van der Waals surface area contributed by atoms with E-state index in [1.807, 2.05) is 43.3 Å². The number of rotatable bonds is 7. The Kier molecular flexibility index (Phi) is 5.17. The Morgan fingerprint density at radius 1 is 1.13 bits per heavy atom. The van der Waals surface area contributed by atoms with Crippen LogP contribution in [0.3, 0.4) is 0 Å². The number of carbonyl (C=O) groups is 1. The zero-order chi connectivity index (χ0) is 21.1. The predicted octanol–water partition coefficient (Wildman–Crippen LogP) is 2.24. The summed E-state index contributed by atoms with van der Waals surface area (Å²) in [4.78, 5) is 37.3. The number of hydrogen-bond acceptors (Lipinski definition) is 6. The van der Waals surface area contributed by atoms with Crippen LogP contribution in [0.5, 0.6) is 11.5 Å². The molecule has 152 valence electrons. The monoisotopic (exact) mass is 405 g/mol. The molecule has 0 fully saturated rings. The molecule has 9 heteroatoms. The van der Waals surface area contributed by atoms with Gasteiger partial charge in [0.2, 0.25) is 0 Å². The number of amides is 1. The molecule has 2 aromatic carbocycles. The molecule has 0 aliphatic rings. The van der Waals surface area contributed by atoms with Crippen LogP contribution in [-0.4, -0.2) is 39.1 Å². The number of hydrogen-bond donors (Lipinski definition) is 3. The standard InChI is InChI=1S/C21H19N5O4/c1-2-29-16-9-13(12-4-3-5-14(8-12)30-10-17(22)27)6-7-15(16)19-25-20-18(21(28)26-19)23-11-24-20/h3-9,11H,2,10H2,1H3,(H2,22,27)(H2,23,24,25,26,28). The molecule has 2 heterocycles. The van der Waals surface area contributed by atoms with Crippen molar-refractivity contribution >= 4 is 17.1 Å². The molecule has 4 N–H and O–H groups in total. The molecule has 4 rings (SSSR count). The maximum absolute atomic E-state index is 12.3. The SMILES string of the molecule is CCOc1cc(-c2cccc(OCC(N)=O)c2)ccc1-c1nc2nc[nH]c2c(=O)[nH]1. The van der Waals surface area contributed by atoms with Crippen LogP contribution in [0, 0.1) is 0 Å². The van der Waals surface area contributed by atoms with E-state index in [1.54, 1.807) is 6.07 Å². The Bertz CT molecular complexity index is 1280. The number of nitrogens with zero attached hydrogens (tertiary/aromatic N) is 2. The third-order valence-electron chi connectivity index (χ3n) is 4.38. The average molecular weight is 405 g/mol. The molecule has 1 amide bonds. The van der Waals surface area contributed by atoms with Crippen LogP contribution in [0.2, 0.25) is 0 Å². The molecule has 2 aromatic heterocycles. The van der Waals surface area contributed by atoms with Gasteiger partial charge in [0.15, 0.2) is 17.8 Å². The van der Waals surface area contributed by atoms with Crippen molar-refractivity contribution in [3.8, 4) is 34.0 Å². The van der Waals surface area contributed by atoms with E-state index in [0.717, 1.165) is 11.1 Å². The van der Waals surface area contributed by atoms with Crippen LogP contribution in [-0.2, 0) is 4.79 Å². The number of ether oxygens (including phenoxy) is 2. The number of benzene rings is 2. The van der Waals surface area contributed by atoms with Crippen molar-refractivity contribution in [2.45, 2.75) is 6.92 Å². The van der Waals surface area contributed by atoms with Crippen molar-refractivity contribution in [2.75, 3.05) is 13.2 Å². The fourth-order valence-electron chi connectivity index (χ4n) is 3.06. The lowest BCUT2D eigenvalue weighted by molar-refractivity contribution is -0.119. The van der Waals surface area contributed by atoms with E-state index in [1.165, 1.54) is 6.33 Å². The van der Waals surface area contributed by atoms with Gasteiger partial charge in [0, 0.05) is 0 Å². The second-order valence-corrected chi connectivity index (χ2v) is 6.44. The first-order chi connectivity index (χ1) is 14.5. The lowest BCUT2D eigenvalue weighted by atomic mass is 10.0. The zero-order valence-electron chi connectivity index (χ0n) is 16.1. The second-order valence-electron chi connectivity index (χ2n) is 6.44. The van der Waals surface area contributed by atoms with Gasteiger partial charge in [-0.15, -0.1) is 0 Å². The normalized spacial score (nSPS) is 10.8. The highest BCUT2D eigenvalue weighted by Gasteiger charge is 2.14. The minimum absolute atomic E-state index is 0.193.